The van der Waals surface area contributed by atoms with Crippen LogP contribution in [0.2, 0.25) is 10.0 Å². The molecule has 2 N–H and O–H groups in total. The average molecular weight is 592 g/mol. The van der Waals surface area contributed by atoms with E-state index < -0.39 is 17.5 Å². The predicted octanol–water partition coefficient (Wildman–Crippen LogP) is 6.38. The van der Waals surface area contributed by atoms with E-state index in [9.17, 15) is 9.18 Å². The minimum atomic E-state index is -0.720. The number of hydrogen-bond donors (Lipinski definition) is 1. The number of aromatic nitrogens is 2. The number of nitrogens with two attached hydrogens (primary N) is 1. The van der Waals surface area contributed by atoms with Crippen molar-refractivity contribution in [1.29, 1.82) is 0 Å². The third kappa shape index (κ3) is 6.45. The van der Waals surface area contributed by atoms with Gasteiger partial charge in [-0.15, -0.1) is 0 Å². The summed E-state index contributed by atoms with van der Waals surface area (Å²) in [6, 6.07) is 4.33. The summed E-state index contributed by atoms with van der Waals surface area (Å²) in [5.74, 6) is 0.388. The van der Waals surface area contributed by atoms with Gasteiger partial charge < -0.3 is 29.7 Å². The lowest BCUT2D eigenvalue weighted by atomic mass is 10.1. The molecule has 12 heteroatoms. The molecule has 9 nitrogen and oxygen atoms in total. The zero-order valence-corrected chi connectivity index (χ0v) is 24.5. The van der Waals surface area contributed by atoms with Gasteiger partial charge in [0, 0.05) is 60.3 Å². The Balaban J connectivity index is 1.58. The molecule has 0 bridgehead atoms. The van der Waals surface area contributed by atoms with Gasteiger partial charge in [0.25, 0.3) is 0 Å². The molecular weight excluding hydrogens is 560 g/mol. The van der Waals surface area contributed by atoms with E-state index in [1.54, 1.807) is 43.6 Å². The van der Waals surface area contributed by atoms with Crippen molar-refractivity contribution >= 4 is 40.8 Å². The average Bonchev–Trinajstić information content (AvgIpc) is 2.91. The lowest BCUT2D eigenvalue weighted by Gasteiger charge is -2.37. The maximum absolute atomic E-state index is 14.1. The van der Waals surface area contributed by atoms with Crippen molar-refractivity contribution in [3.05, 3.63) is 58.2 Å². The summed E-state index contributed by atoms with van der Waals surface area (Å²) < 4.78 is 31.5. The molecule has 1 aliphatic rings. The van der Waals surface area contributed by atoms with E-state index in [-0.39, 0.29) is 27.7 Å². The number of amides is 1. The van der Waals surface area contributed by atoms with Gasteiger partial charge in [0.1, 0.15) is 17.5 Å². The second-order valence-corrected chi connectivity index (χ2v) is 11.1. The summed E-state index contributed by atoms with van der Waals surface area (Å²) in [4.78, 5) is 25.0. The first kappa shape index (κ1) is 29.5. The third-order valence-electron chi connectivity index (χ3n) is 6.34. The molecule has 2 aromatic heterocycles. The molecule has 1 amide bonds. The first-order chi connectivity index (χ1) is 18.9. The van der Waals surface area contributed by atoms with Crippen molar-refractivity contribution in [1.82, 2.24) is 14.9 Å². The van der Waals surface area contributed by atoms with Gasteiger partial charge in [0.15, 0.2) is 17.3 Å². The van der Waals surface area contributed by atoms with Crippen LogP contribution in [-0.2, 0) is 4.74 Å². The molecule has 4 rings (SSSR count). The normalized spacial score (nSPS) is 14.6. The van der Waals surface area contributed by atoms with Gasteiger partial charge in [-0.1, -0.05) is 23.2 Å². The van der Waals surface area contributed by atoms with Crippen LogP contribution in [0.25, 0.3) is 11.1 Å². The number of ether oxygens (including phenoxy) is 3. The summed E-state index contributed by atoms with van der Waals surface area (Å²) in [6.45, 7) is 9.36. The Morgan fingerprint density at radius 3 is 2.48 bits per heavy atom. The molecule has 1 aliphatic heterocycles. The SMILES string of the molecule is COc1c(-c2cnc(N)c(OC(C)c3c(Cl)ccc(F)c3Cl)c2)cncc1N1CCN(C(=O)OC(C)(C)C)CC1. The highest BCUT2D eigenvalue weighted by atomic mass is 35.5. The topological polar surface area (TPSA) is 103 Å². The molecule has 1 unspecified atom stereocenters. The number of pyridine rings is 2. The van der Waals surface area contributed by atoms with Crippen LogP contribution in [0, 0.1) is 5.82 Å². The molecule has 1 aromatic carbocycles. The van der Waals surface area contributed by atoms with E-state index in [1.165, 1.54) is 12.1 Å². The smallest absolute Gasteiger partial charge is 0.410 e. The van der Waals surface area contributed by atoms with Gasteiger partial charge in [0.05, 0.1) is 24.0 Å². The van der Waals surface area contributed by atoms with Gasteiger partial charge in [-0.3, -0.25) is 4.98 Å². The molecule has 0 saturated carbocycles. The van der Waals surface area contributed by atoms with Crippen LogP contribution in [0.3, 0.4) is 0 Å². The third-order valence-corrected chi connectivity index (χ3v) is 7.05. The summed E-state index contributed by atoms with van der Waals surface area (Å²) in [5, 5.41) is 0.153. The van der Waals surface area contributed by atoms with E-state index in [4.69, 9.17) is 43.1 Å². The second-order valence-electron chi connectivity index (χ2n) is 10.3. The van der Waals surface area contributed by atoms with Crippen LogP contribution < -0.4 is 20.1 Å². The molecule has 214 valence electrons. The standard InChI is InChI=1S/C28H32Cl2FN5O4/c1-16(23-19(29)6-7-20(31)24(23)30)39-22-12-17(13-34-26(22)32)18-14-33-15-21(25(18)38-5)35-8-10-36(11-9-35)27(37)40-28(2,3)4/h6-7,12-16H,8-11H2,1-5H3,(H2,32,34). The lowest BCUT2D eigenvalue weighted by Crippen LogP contribution is -2.50. The Bertz CT molecular complexity index is 1390. The van der Waals surface area contributed by atoms with Gasteiger partial charge in [-0.05, 0) is 45.9 Å². The number of carbonyl (C=O) groups excluding carboxylic acids is 1. The zero-order valence-electron chi connectivity index (χ0n) is 23.0. The van der Waals surface area contributed by atoms with E-state index in [1.807, 2.05) is 20.8 Å². The summed E-state index contributed by atoms with van der Waals surface area (Å²) in [7, 11) is 1.58. The molecule has 0 radical (unpaired) electrons. The first-order valence-electron chi connectivity index (χ1n) is 12.7. The largest absolute Gasteiger partial charge is 0.494 e. The maximum atomic E-state index is 14.1. The fourth-order valence-corrected chi connectivity index (χ4v) is 5.08. The number of benzene rings is 1. The Hall–Kier alpha value is -3.50. The van der Waals surface area contributed by atoms with Crippen LogP contribution in [0.4, 0.5) is 20.7 Å². The Morgan fingerprint density at radius 1 is 1.12 bits per heavy atom. The predicted molar refractivity (Wildman–Crippen MR) is 154 cm³/mol. The van der Waals surface area contributed by atoms with Crippen molar-refractivity contribution in [2.45, 2.75) is 39.4 Å². The lowest BCUT2D eigenvalue weighted by molar-refractivity contribution is 0.0240. The monoisotopic (exact) mass is 591 g/mol. The van der Waals surface area contributed by atoms with E-state index in [2.05, 4.69) is 14.9 Å². The molecule has 3 heterocycles. The maximum Gasteiger partial charge on any atom is 0.410 e. The van der Waals surface area contributed by atoms with Crippen molar-refractivity contribution in [2.75, 3.05) is 43.9 Å². The molecule has 1 saturated heterocycles. The van der Waals surface area contributed by atoms with E-state index in [0.717, 1.165) is 5.69 Å². The molecular formula is C28H32Cl2FN5O4. The molecule has 40 heavy (non-hydrogen) atoms. The number of nitrogens with zero attached hydrogens (tertiary/aromatic N) is 4. The number of piperazine rings is 1. The van der Waals surface area contributed by atoms with Gasteiger partial charge in [-0.2, -0.15) is 0 Å². The van der Waals surface area contributed by atoms with E-state index in [0.29, 0.717) is 48.6 Å². The van der Waals surface area contributed by atoms with Crippen LogP contribution >= 0.6 is 23.2 Å². The number of nitrogen functional groups attached to an aromatic ring is 1. The number of hydrogen-bond acceptors (Lipinski definition) is 8. The van der Waals surface area contributed by atoms with Crippen molar-refractivity contribution < 1.29 is 23.4 Å². The molecule has 0 spiro atoms. The molecule has 3 aromatic rings. The Kier molecular flexibility index (Phi) is 8.80. The molecule has 1 atom stereocenters. The first-order valence-corrected chi connectivity index (χ1v) is 13.5. The number of methoxy groups -OCH3 is 1. The fraction of sp³-hybridized carbons (Fsp3) is 0.393. The number of rotatable bonds is 6. The van der Waals surface area contributed by atoms with Crippen molar-refractivity contribution in [3.63, 3.8) is 0 Å². The minimum Gasteiger partial charge on any atom is -0.494 e. The van der Waals surface area contributed by atoms with Crippen LogP contribution in [0.15, 0.2) is 36.8 Å². The second kappa shape index (κ2) is 11.9. The van der Waals surface area contributed by atoms with Gasteiger partial charge in [-0.25, -0.2) is 14.2 Å². The summed E-state index contributed by atoms with van der Waals surface area (Å²) in [5.41, 5.74) is 7.95. The van der Waals surface area contributed by atoms with Crippen LogP contribution in [0.1, 0.15) is 39.4 Å². The zero-order chi connectivity index (χ0) is 29.2. The number of carbonyl (C=O) groups is 1. The summed E-state index contributed by atoms with van der Waals surface area (Å²) >= 11 is 12.4. The molecule has 1 fully saturated rings. The van der Waals surface area contributed by atoms with Crippen molar-refractivity contribution in [3.8, 4) is 22.6 Å². The quantitative estimate of drug-likeness (QED) is 0.329. The van der Waals surface area contributed by atoms with Crippen LogP contribution in [-0.4, -0.2) is 59.9 Å². The fourth-order valence-electron chi connectivity index (χ4n) is 4.40. The van der Waals surface area contributed by atoms with E-state index >= 15 is 0 Å². The van der Waals surface area contributed by atoms with Crippen LogP contribution in [0.5, 0.6) is 11.5 Å². The van der Waals surface area contributed by atoms with Gasteiger partial charge in [0.2, 0.25) is 0 Å². The molecule has 0 aliphatic carbocycles. The highest BCUT2D eigenvalue weighted by Crippen LogP contribution is 2.41. The highest BCUT2D eigenvalue weighted by molar-refractivity contribution is 6.36. The Morgan fingerprint density at radius 2 is 1.82 bits per heavy atom. The van der Waals surface area contributed by atoms with Gasteiger partial charge >= 0.3 is 6.09 Å². The summed E-state index contributed by atoms with van der Waals surface area (Å²) in [6.07, 6.45) is 3.94. The number of anilines is 2. The Labute approximate surface area is 242 Å². The minimum absolute atomic E-state index is 0.118. The van der Waals surface area contributed by atoms with Crippen molar-refractivity contribution in [2.24, 2.45) is 0 Å². The highest BCUT2D eigenvalue weighted by Gasteiger charge is 2.28. The number of halogens is 3.